The molecule has 9 nitrogen and oxygen atoms in total. The Morgan fingerprint density at radius 2 is 1.50 bits per heavy atom. The molecule has 0 saturated carbocycles. The fourth-order valence-corrected chi connectivity index (χ4v) is 5.09. The van der Waals surface area contributed by atoms with Gasteiger partial charge in [0.1, 0.15) is 0 Å². The number of nitrogens with zero attached hydrogens (tertiary/aromatic N) is 3. The van der Waals surface area contributed by atoms with Crippen LogP contribution in [0.15, 0.2) is 59.5 Å². The number of aromatic nitrogens is 2. The van der Waals surface area contributed by atoms with Crippen LogP contribution in [0.1, 0.15) is 51.5 Å². The first-order valence-electron chi connectivity index (χ1n) is 11.0. The second-order valence-corrected chi connectivity index (χ2v) is 9.75. The number of hydrazine groups is 1. The lowest BCUT2D eigenvalue weighted by molar-refractivity contribution is 0.0846. The predicted octanol–water partition coefficient (Wildman–Crippen LogP) is 2.65. The van der Waals surface area contributed by atoms with Gasteiger partial charge in [-0.2, -0.15) is 9.40 Å². The second kappa shape index (κ2) is 10.6. The fraction of sp³-hybridized carbons (Fsp3) is 0.292. The minimum Gasteiger partial charge on any atom is -0.267 e. The lowest BCUT2D eigenvalue weighted by atomic mass is 10.1. The highest BCUT2D eigenvalue weighted by atomic mass is 32.2. The van der Waals surface area contributed by atoms with E-state index in [0.717, 1.165) is 17.0 Å². The predicted molar refractivity (Wildman–Crippen MR) is 129 cm³/mol. The zero-order chi connectivity index (χ0) is 24.9. The molecule has 0 aliphatic heterocycles. The van der Waals surface area contributed by atoms with Gasteiger partial charge in [-0.15, -0.1) is 0 Å². The summed E-state index contributed by atoms with van der Waals surface area (Å²) in [4.78, 5) is 25.2. The van der Waals surface area contributed by atoms with Gasteiger partial charge in [0.05, 0.1) is 17.1 Å². The number of hydrogen-bond acceptors (Lipinski definition) is 5. The highest BCUT2D eigenvalue weighted by molar-refractivity contribution is 7.89. The monoisotopic (exact) mass is 483 g/mol. The molecule has 0 spiro atoms. The van der Waals surface area contributed by atoms with Crippen LogP contribution >= 0.6 is 0 Å². The molecule has 0 aliphatic rings. The van der Waals surface area contributed by atoms with Gasteiger partial charge < -0.3 is 0 Å². The van der Waals surface area contributed by atoms with Gasteiger partial charge in [0, 0.05) is 29.9 Å². The second-order valence-electron chi connectivity index (χ2n) is 7.81. The molecule has 2 amide bonds. The van der Waals surface area contributed by atoms with Gasteiger partial charge in [-0.1, -0.05) is 32.0 Å². The van der Waals surface area contributed by atoms with Gasteiger partial charge in [0.25, 0.3) is 11.8 Å². The first-order chi connectivity index (χ1) is 16.1. The lowest BCUT2D eigenvalue weighted by Gasteiger charge is -2.18. The maximum absolute atomic E-state index is 12.7. The van der Waals surface area contributed by atoms with Gasteiger partial charge >= 0.3 is 0 Å². The van der Waals surface area contributed by atoms with Crippen LogP contribution in [-0.2, 0) is 16.6 Å². The molecular weight excluding hydrogens is 454 g/mol. The number of amides is 2. The summed E-state index contributed by atoms with van der Waals surface area (Å²) in [5, 5.41) is 4.43. The number of rotatable bonds is 8. The van der Waals surface area contributed by atoms with E-state index < -0.39 is 21.8 Å². The average Bonchev–Trinajstić information content (AvgIpc) is 3.14. The largest absolute Gasteiger partial charge is 0.269 e. The summed E-state index contributed by atoms with van der Waals surface area (Å²) in [7, 11) is -3.70. The summed E-state index contributed by atoms with van der Waals surface area (Å²) in [5.74, 6) is -1.11. The number of carbonyl (C=O) groups is 2. The molecule has 0 radical (unpaired) electrons. The van der Waals surface area contributed by atoms with Crippen molar-refractivity contribution in [2.75, 3.05) is 13.1 Å². The molecule has 3 rings (SSSR count). The third-order valence-corrected chi connectivity index (χ3v) is 7.40. The summed E-state index contributed by atoms with van der Waals surface area (Å²) < 4.78 is 28.6. The van der Waals surface area contributed by atoms with E-state index in [1.165, 1.54) is 28.6 Å². The molecule has 2 N–H and O–H groups in total. The molecule has 10 heteroatoms. The molecule has 0 unspecified atom stereocenters. The van der Waals surface area contributed by atoms with Crippen molar-refractivity contribution in [1.82, 2.24) is 24.9 Å². The molecule has 180 valence electrons. The number of aryl methyl sites for hydroxylation is 2. The Bertz CT molecular complexity index is 1300. The zero-order valence-electron chi connectivity index (χ0n) is 19.7. The molecule has 0 atom stereocenters. The summed E-state index contributed by atoms with van der Waals surface area (Å²) in [5.41, 5.74) is 8.05. The van der Waals surface area contributed by atoms with Crippen molar-refractivity contribution in [1.29, 1.82) is 0 Å². The number of carbonyl (C=O) groups excluding carboxylic acids is 2. The first kappa shape index (κ1) is 25.1. The topological polar surface area (TPSA) is 113 Å². The van der Waals surface area contributed by atoms with E-state index >= 15 is 0 Å². The summed E-state index contributed by atoms with van der Waals surface area (Å²) in [6.45, 7) is 8.55. The molecule has 3 aromatic rings. The van der Waals surface area contributed by atoms with Gasteiger partial charge in [0.2, 0.25) is 10.0 Å². The SMILES string of the molecule is CCN(CC)S(=O)(=O)c1cccc(C(=O)NNC(=O)c2cccc(Cn3nc(C)cc3C)c2)c1. The van der Waals surface area contributed by atoms with Crippen molar-refractivity contribution in [3.8, 4) is 0 Å². The van der Waals surface area contributed by atoms with Crippen LogP contribution in [0.3, 0.4) is 0 Å². The van der Waals surface area contributed by atoms with Crippen LogP contribution in [0.25, 0.3) is 0 Å². The summed E-state index contributed by atoms with van der Waals surface area (Å²) in [6, 6.07) is 14.7. The third kappa shape index (κ3) is 5.70. The Balaban J connectivity index is 1.68. The molecule has 0 saturated heterocycles. The van der Waals surface area contributed by atoms with Crippen molar-refractivity contribution >= 4 is 21.8 Å². The first-order valence-corrected chi connectivity index (χ1v) is 12.4. The van der Waals surface area contributed by atoms with Crippen LogP contribution in [0.4, 0.5) is 0 Å². The number of benzene rings is 2. The smallest absolute Gasteiger partial charge is 0.267 e. The normalized spacial score (nSPS) is 11.4. The summed E-state index contributed by atoms with van der Waals surface area (Å²) >= 11 is 0. The molecular formula is C24H29N5O4S. The molecule has 2 aromatic carbocycles. The molecule has 0 aliphatic carbocycles. The van der Waals surface area contributed by atoms with Crippen molar-refractivity contribution in [2.45, 2.75) is 39.1 Å². The maximum Gasteiger partial charge on any atom is 0.269 e. The molecule has 0 bridgehead atoms. The quantitative estimate of drug-likeness (QED) is 0.478. The van der Waals surface area contributed by atoms with E-state index in [1.54, 1.807) is 32.0 Å². The Kier molecular flexibility index (Phi) is 7.85. The minimum absolute atomic E-state index is 0.0204. The van der Waals surface area contributed by atoms with Crippen LogP contribution < -0.4 is 10.9 Å². The van der Waals surface area contributed by atoms with Crippen molar-refractivity contribution in [3.63, 3.8) is 0 Å². The van der Waals surface area contributed by atoms with E-state index in [2.05, 4.69) is 16.0 Å². The number of nitrogens with one attached hydrogen (secondary N) is 2. The highest BCUT2D eigenvalue weighted by Crippen LogP contribution is 2.17. The van der Waals surface area contributed by atoms with Crippen molar-refractivity contribution in [3.05, 3.63) is 82.7 Å². The van der Waals surface area contributed by atoms with Gasteiger partial charge in [-0.05, 0) is 55.8 Å². The Hall–Kier alpha value is -3.50. The van der Waals surface area contributed by atoms with E-state index in [9.17, 15) is 18.0 Å². The van der Waals surface area contributed by atoms with Crippen LogP contribution in [0.5, 0.6) is 0 Å². The van der Waals surface area contributed by atoms with Gasteiger partial charge in [-0.3, -0.25) is 25.1 Å². The lowest BCUT2D eigenvalue weighted by Crippen LogP contribution is -2.41. The highest BCUT2D eigenvalue weighted by Gasteiger charge is 2.22. The maximum atomic E-state index is 12.7. The number of hydrogen-bond donors (Lipinski definition) is 2. The Morgan fingerprint density at radius 1 is 0.912 bits per heavy atom. The molecule has 1 aromatic heterocycles. The third-order valence-electron chi connectivity index (χ3n) is 5.35. The van der Waals surface area contributed by atoms with E-state index in [-0.39, 0.29) is 10.5 Å². The molecule has 1 heterocycles. The van der Waals surface area contributed by atoms with Crippen LogP contribution in [0.2, 0.25) is 0 Å². The average molecular weight is 484 g/mol. The Morgan fingerprint density at radius 3 is 2.06 bits per heavy atom. The Labute approximate surface area is 199 Å². The fourth-order valence-electron chi connectivity index (χ4n) is 3.59. The van der Waals surface area contributed by atoms with Gasteiger partial charge in [0.15, 0.2) is 0 Å². The van der Waals surface area contributed by atoms with E-state index in [1.807, 2.05) is 30.7 Å². The van der Waals surface area contributed by atoms with Crippen molar-refractivity contribution < 1.29 is 18.0 Å². The summed E-state index contributed by atoms with van der Waals surface area (Å²) in [6.07, 6.45) is 0. The minimum atomic E-state index is -3.70. The van der Waals surface area contributed by atoms with E-state index in [0.29, 0.717) is 25.2 Å². The van der Waals surface area contributed by atoms with E-state index in [4.69, 9.17) is 0 Å². The zero-order valence-corrected chi connectivity index (χ0v) is 20.5. The van der Waals surface area contributed by atoms with Gasteiger partial charge in [-0.25, -0.2) is 8.42 Å². The van der Waals surface area contributed by atoms with Crippen LogP contribution in [-0.4, -0.2) is 47.4 Å². The molecule has 34 heavy (non-hydrogen) atoms. The van der Waals surface area contributed by atoms with Crippen LogP contribution in [0, 0.1) is 13.8 Å². The molecule has 0 fully saturated rings. The standard InChI is InChI=1S/C24H29N5O4S/c1-5-28(6-2)34(32,33)22-12-8-11-21(15-22)24(31)26-25-23(30)20-10-7-9-19(14-20)16-29-18(4)13-17(3)27-29/h7-15H,5-6,16H2,1-4H3,(H,25,30)(H,26,31). The number of sulfonamides is 1. The van der Waals surface area contributed by atoms with Crippen molar-refractivity contribution in [2.24, 2.45) is 0 Å².